The van der Waals surface area contributed by atoms with Gasteiger partial charge in [-0.05, 0) is 25.7 Å². The monoisotopic (exact) mass is 312 g/mol. The summed E-state index contributed by atoms with van der Waals surface area (Å²) >= 11 is 0. The summed E-state index contributed by atoms with van der Waals surface area (Å²) in [4.78, 5) is 23.7. The predicted octanol–water partition coefficient (Wildman–Crippen LogP) is 3.65. The normalized spacial score (nSPS) is 12.1. The van der Waals surface area contributed by atoms with E-state index in [4.69, 9.17) is 0 Å². The van der Waals surface area contributed by atoms with Crippen LogP contribution in [0.2, 0.25) is 0 Å². The van der Waals surface area contributed by atoms with Crippen LogP contribution in [-0.2, 0) is 9.59 Å². The summed E-state index contributed by atoms with van der Waals surface area (Å²) in [6.07, 6.45) is 5.87. The van der Waals surface area contributed by atoms with Gasteiger partial charge in [-0.25, -0.2) is 0 Å². The van der Waals surface area contributed by atoms with Crippen LogP contribution in [0.4, 0.5) is 0 Å². The van der Waals surface area contributed by atoms with Gasteiger partial charge in [-0.1, -0.05) is 54.4 Å². The van der Waals surface area contributed by atoms with Gasteiger partial charge in [-0.3, -0.25) is 9.59 Å². The summed E-state index contributed by atoms with van der Waals surface area (Å²) < 4.78 is 0. The van der Waals surface area contributed by atoms with Crippen LogP contribution in [0.3, 0.4) is 0 Å². The van der Waals surface area contributed by atoms with Gasteiger partial charge in [0, 0.05) is 23.9 Å². The van der Waals surface area contributed by atoms with Crippen molar-refractivity contribution in [2.24, 2.45) is 10.8 Å². The van der Waals surface area contributed by atoms with Crippen molar-refractivity contribution in [3.05, 3.63) is 0 Å². The lowest BCUT2D eigenvalue weighted by Crippen LogP contribution is -2.37. The molecule has 0 unspecified atom stereocenters. The molecule has 0 aliphatic heterocycles. The molecule has 0 radical (unpaired) electrons. The van der Waals surface area contributed by atoms with Gasteiger partial charge in [0.1, 0.15) is 0 Å². The molecule has 0 heterocycles. The quantitative estimate of drug-likeness (QED) is 0.572. The minimum atomic E-state index is -0.267. The van der Waals surface area contributed by atoms with Gasteiger partial charge in [0.05, 0.1) is 0 Å². The second-order valence-electron chi connectivity index (χ2n) is 7.40. The van der Waals surface area contributed by atoms with Crippen LogP contribution in [0.15, 0.2) is 0 Å². The van der Waals surface area contributed by atoms with Crippen molar-refractivity contribution in [1.29, 1.82) is 0 Å². The number of carbonyl (C=O) groups is 2. The molecular weight excluding hydrogens is 276 g/mol. The van der Waals surface area contributed by atoms with Crippen molar-refractivity contribution in [3.8, 4) is 0 Å². The first-order valence-corrected chi connectivity index (χ1v) is 8.74. The predicted molar refractivity (Wildman–Crippen MR) is 92.6 cm³/mol. The first kappa shape index (κ1) is 20.9. The van der Waals surface area contributed by atoms with E-state index in [1.54, 1.807) is 0 Å². The molecule has 0 saturated heterocycles. The fourth-order valence-corrected chi connectivity index (χ4v) is 1.81. The highest BCUT2D eigenvalue weighted by molar-refractivity contribution is 5.82. The van der Waals surface area contributed by atoms with Crippen molar-refractivity contribution in [1.82, 2.24) is 10.6 Å². The topological polar surface area (TPSA) is 58.2 Å². The highest BCUT2D eigenvalue weighted by Gasteiger charge is 2.25. The van der Waals surface area contributed by atoms with E-state index >= 15 is 0 Å². The van der Waals surface area contributed by atoms with E-state index in [2.05, 4.69) is 10.6 Å². The number of unbranched alkanes of at least 4 members (excludes halogenated alkanes) is 3. The van der Waals surface area contributed by atoms with Crippen LogP contribution in [0.5, 0.6) is 0 Å². The maximum Gasteiger partial charge on any atom is 0.225 e. The second kappa shape index (κ2) is 9.86. The van der Waals surface area contributed by atoms with Crippen molar-refractivity contribution >= 4 is 11.8 Å². The summed E-state index contributed by atoms with van der Waals surface area (Å²) in [5, 5.41) is 6.00. The molecule has 0 bridgehead atoms. The molecule has 0 aromatic carbocycles. The average molecular weight is 312 g/mol. The zero-order chi connectivity index (χ0) is 17.2. The Labute approximate surface area is 136 Å². The van der Waals surface area contributed by atoms with Crippen LogP contribution < -0.4 is 10.6 Å². The largest absolute Gasteiger partial charge is 0.356 e. The Kier molecular flexibility index (Phi) is 9.38. The molecule has 2 N–H and O–H groups in total. The summed E-state index contributed by atoms with van der Waals surface area (Å²) in [7, 11) is 0. The Morgan fingerprint density at radius 2 is 1.00 bits per heavy atom. The van der Waals surface area contributed by atoms with Crippen LogP contribution in [0, 0.1) is 10.8 Å². The number of rotatable bonds is 11. The Balaban J connectivity index is 3.60. The highest BCUT2D eigenvalue weighted by atomic mass is 16.2. The molecule has 0 aliphatic carbocycles. The zero-order valence-corrected chi connectivity index (χ0v) is 15.5. The van der Waals surface area contributed by atoms with E-state index < -0.39 is 0 Å². The van der Waals surface area contributed by atoms with Gasteiger partial charge < -0.3 is 10.6 Å². The molecule has 2 amide bonds. The maximum absolute atomic E-state index is 11.9. The smallest absolute Gasteiger partial charge is 0.225 e. The van der Waals surface area contributed by atoms with Crippen LogP contribution >= 0.6 is 0 Å². The van der Waals surface area contributed by atoms with E-state index in [0.29, 0.717) is 0 Å². The van der Waals surface area contributed by atoms with E-state index in [1.165, 1.54) is 0 Å². The van der Waals surface area contributed by atoms with Gasteiger partial charge in [0.25, 0.3) is 0 Å². The van der Waals surface area contributed by atoms with Gasteiger partial charge in [-0.15, -0.1) is 0 Å². The molecule has 0 fully saturated rings. The third-order valence-corrected chi connectivity index (χ3v) is 4.67. The molecule has 0 saturated carbocycles. The summed E-state index contributed by atoms with van der Waals surface area (Å²) in [5.41, 5.74) is -0.535. The molecule has 4 nitrogen and oxygen atoms in total. The van der Waals surface area contributed by atoms with Crippen LogP contribution in [-0.4, -0.2) is 24.9 Å². The summed E-state index contributed by atoms with van der Waals surface area (Å²) in [6, 6.07) is 0. The van der Waals surface area contributed by atoms with E-state index in [1.807, 2.05) is 41.5 Å². The average Bonchev–Trinajstić information content (AvgIpc) is 2.49. The number of hydrogen-bond donors (Lipinski definition) is 2. The molecule has 0 rings (SSSR count). The third-order valence-electron chi connectivity index (χ3n) is 4.67. The highest BCUT2D eigenvalue weighted by Crippen LogP contribution is 2.20. The standard InChI is InChI=1S/C18H36N2O2/c1-7-17(3,4)15(21)19-13-11-9-10-12-14-20-16(22)18(5,6)8-2/h7-14H2,1-6H3,(H,19,21)(H,20,22). The van der Waals surface area contributed by atoms with Crippen molar-refractivity contribution in [2.45, 2.75) is 80.1 Å². The van der Waals surface area contributed by atoms with E-state index in [-0.39, 0.29) is 22.6 Å². The minimum Gasteiger partial charge on any atom is -0.356 e. The van der Waals surface area contributed by atoms with Gasteiger partial charge in [-0.2, -0.15) is 0 Å². The fraction of sp³-hybridized carbons (Fsp3) is 0.889. The Hall–Kier alpha value is -1.06. The zero-order valence-electron chi connectivity index (χ0n) is 15.5. The molecule has 0 aromatic heterocycles. The molecule has 130 valence electrons. The van der Waals surface area contributed by atoms with E-state index in [9.17, 15) is 9.59 Å². The Morgan fingerprint density at radius 3 is 1.27 bits per heavy atom. The fourth-order valence-electron chi connectivity index (χ4n) is 1.81. The number of amides is 2. The van der Waals surface area contributed by atoms with E-state index in [0.717, 1.165) is 51.6 Å². The second-order valence-corrected chi connectivity index (χ2v) is 7.40. The minimum absolute atomic E-state index is 0.143. The lowest BCUT2D eigenvalue weighted by Gasteiger charge is -2.21. The van der Waals surface area contributed by atoms with Crippen molar-refractivity contribution < 1.29 is 9.59 Å². The van der Waals surface area contributed by atoms with Gasteiger partial charge >= 0.3 is 0 Å². The van der Waals surface area contributed by atoms with Gasteiger partial charge in [0.15, 0.2) is 0 Å². The van der Waals surface area contributed by atoms with Gasteiger partial charge in [0.2, 0.25) is 11.8 Å². The Morgan fingerprint density at radius 1 is 0.682 bits per heavy atom. The molecule has 22 heavy (non-hydrogen) atoms. The van der Waals surface area contributed by atoms with Crippen LogP contribution in [0.25, 0.3) is 0 Å². The van der Waals surface area contributed by atoms with Crippen LogP contribution in [0.1, 0.15) is 80.1 Å². The first-order chi connectivity index (χ1) is 10.2. The maximum atomic E-state index is 11.9. The summed E-state index contributed by atoms with van der Waals surface area (Å²) in [6.45, 7) is 13.5. The number of nitrogens with one attached hydrogen (secondary N) is 2. The molecule has 4 heteroatoms. The molecule has 0 spiro atoms. The number of hydrogen-bond acceptors (Lipinski definition) is 2. The lowest BCUT2D eigenvalue weighted by atomic mass is 9.89. The van der Waals surface area contributed by atoms with Crippen molar-refractivity contribution in [2.75, 3.05) is 13.1 Å². The molecule has 0 aliphatic rings. The third kappa shape index (κ3) is 7.81. The molecule has 0 aromatic rings. The number of carbonyl (C=O) groups excluding carboxylic acids is 2. The van der Waals surface area contributed by atoms with Crippen molar-refractivity contribution in [3.63, 3.8) is 0 Å². The molecule has 0 atom stereocenters. The first-order valence-electron chi connectivity index (χ1n) is 8.74. The SMILES string of the molecule is CCC(C)(C)C(=O)NCCCCCCNC(=O)C(C)(C)CC. The Bertz CT molecular complexity index is 315. The lowest BCUT2D eigenvalue weighted by molar-refractivity contribution is -0.130. The molecular formula is C18H36N2O2. The summed E-state index contributed by atoms with van der Waals surface area (Å²) in [5.74, 6) is 0.285.